The van der Waals surface area contributed by atoms with Crippen molar-refractivity contribution >= 4 is 25.8 Å². The Kier molecular flexibility index (Phi) is 6.19. The quantitative estimate of drug-likeness (QED) is 0.447. The molecule has 1 aliphatic heterocycles. The summed E-state index contributed by atoms with van der Waals surface area (Å²) < 4.78 is 23.1. The highest BCUT2D eigenvalue weighted by Gasteiger charge is 2.42. The molecule has 0 spiro atoms. The van der Waals surface area contributed by atoms with Crippen LogP contribution in [0.5, 0.6) is 0 Å². The predicted molar refractivity (Wildman–Crippen MR) is 138 cm³/mol. The van der Waals surface area contributed by atoms with E-state index in [4.69, 9.17) is 4.43 Å². The highest BCUT2D eigenvalue weighted by Crippen LogP contribution is 2.44. The molecule has 0 saturated carbocycles. The molecule has 0 fully saturated rings. The number of fused-ring (bicyclic) bond motifs is 1. The van der Waals surface area contributed by atoms with E-state index < -0.39 is 14.1 Å². The molecule has 1 aromatic carbocycles. The van der Waals surface area contributed by atoms with Gasteiger partial charge in [0.1, 0.15) is 11.8 Å². The van der Waals surface area contributed by atoms with Crippen molar-refractivity contribution in [2.45, 2.75) is 51.2 Å². The van der Waals surface area contributed by atoms with Gasteiger partial charge in [-0.1, -0.05) is 27.7 Å². The average molecular weight is 494 g/mol. The molecule has 0 amide bonds. The highest BCUT2D eigenvalue weighted by atomic mass is 28.4. The molecular weight excluding hydrogens is 461 g/mol. The van der Waals surface area contributed by atoms with Crippen LogP contribution in [0.4, 0.5) is 21.8 Å². The van der Waals surface area contributed by atoms with Gasteiger partial charge in [0.2, 0.25) is 5.95 Å². The normalized spacial score (nSPS) is 17.6. The van der Waals surface area contributed by atoms with Crippen LogP contribution in [-0.2, 0) is 16.9 Å². The van der Waals surface area contributed by atoms with Crippen LogP contribution in [0, 0.1) is 17.1 Å². The van der Waals surface area contributed by atoms with Crippen molar-refractivity contribution < 1.29 is 8.82 Å². The Morgan fingerprint density at radius 2 is 2.09 bits per heavy atom. The first-order chi connectivity index (χ1) is 16.3. The topological polar surface area (TPSA) is 101 Å². The number of aromatic nitrogens is 4. The van der Waals surface area contributed by atoms with E-state index in [9.17, 15) is 9.65 Å². The van der Waals surface area contributed by atoms with E-state index in [1.54, 1.807) is 30.1 Å². The Hall–Kier alpha value is -3.29. The van der Waals surface area contributed by atoms with Crippen LogP contribution in [0.25, 0.3) is 11.3 Å². The van der Waals surface area contributed by atoms with Crippen molar-refractivity contribution in [1.29, 1.82) is 5.26 Å². The van der Waals surface area contributed by atoms with Gasteiger partial charge in [0.15, 0.2) is 20.0 Å². The Labute approximate surface area is 206 Å². The number of hydrogen-bond acceptors (Lipinski definition) is 7. The van der Waals surface area contributed by atoms with E-state index in [0.29, 0.717) is 30.1 Å². The Morgan fingerprint density at radius 1 is 1.34 bits per heavy atom. The fraction of sp³-hybridized carbons (Fsp3) is 0.440. The molecule has 2 N–H and O–H groups in total. The van der Waals surface area contributed by atoms with E-state index in [0.717, 1.165) is 17.4 Å². The molecule has 4 rings (SSSR count). The molecular formula is C25H32FN7OSi. The van der Waals surface area contributed by atoms with E-state index in [-0.39, 0.29) is 22.1 Å². The molecule has 1 unspecified atom stereocenters. The molecule has 10 heteroatoms. The molecule has 0 aliphatic carbocycles. The van der Waals surface area contributed by atoms with Crippen molar-refractivity contribution in [3.05, 3.63) is 47.5 Å². The second-order valence-electron chi connectivity index (χ2n) is 10.9. The van der Waals surface area contributed by atoms with E-state index >= 15 is 0 Å². The summed E-state index contributed by atoms with van der Waals surface area (Å²) in [5.74, 6) is 0.211. The van der Waals surface area contributed by atoms with Crippen molar-refractivity contribution in [2.24, 2.45) is 7.05 Å². The van der Waals surface area contributed by atoms with E-state index in [2.05, 4.69) is 72.6 Å². The lowest BCUT2D eigenvalue weighted by Crippen LogP contribution is -2.45. The van der Waals surface area contributed by atoms with Crippen molar-refractivity contribution in [1.82, 2.24) is 19.7 Å². The van der Waals surface area contributed by atoms with Crippen LogP contribution in [0.15, 0.2) is 30.6 Å². The van der Waals surface area contributed by atoms with Gasteiger partial charge >= 0.3 is 0 Å². The van der Waals surface area contributed by atoms with Crippen molar-refractivity contribution in [3.63, 3.8) is 0 Å². The summed E-state index contributed by atoms with van der Waals surface area (Å²) in [6, 6.07) is 7.62. The average Bonchev–Trinajstić information content (AvgIpc) is 3.35. The lowest BCUT2D eigenvalue weighted by molar-refractivity contribution is 0.220. The number of aryl methyl sites for hydroxylation is 1. The fourth-order valence-corrected chi connectivity index (χ4v) is 4.94. The SMILES string of the molecule is Cn1ccc(Nc2ncc(F)c(-c3cc(C#N)c4c(c3)C(C)(CO[Si](C)(C)C(C)(C)C)CN4)n2)n1. The molecule has 0 saturated heterocycles. The third-order valence-electron chi connectivity index (χ3n) is 7.09. The predicted octanol–water partition coefficient (Wildman–Crippen LogP) is 5.34. The Balaban J connectivity index is 1.71. The monoisotopic (exact) mass is 493 g/mol. The van der Waals surface area contributed by atoms with Crippen LogP contribution in [0.2, 0.25) is 18.1 Å². The van der Waals surface area contributed by atoms with Crippen LogP contribution in [-0.4, -0.2) is 41.2 Å². The maximum atomic E-state index is 14.9. The van der Waals surface area contributed by atoms with Crippen LogP contribution in [0.1, 0.15) is 38.8 Å². The molecule has 8 nitrogen and oxygen atoms in total. The molecule has 184 valence electrons. The minimum absolute atomic E-state index is 0.0823. The first-order valence-electron chi connectivity index (χ1n) is 11.6. The second kappa shape index (κ2) is 8.73. The lowest BCUT2D eigenvalue weighted by atomic mass is 9.83. The molecule has 3 aromatic rings. The van der Waals surface area contributed by atoms with Crippen LogP contribution in [0.3, 0.4) is 0 Å². The van der Waals surface area contributed by atoms with Crippen molar-refractivity contribution in [2.75, 3.05) is 23.8 Å². The number of rotatable bonds is 6. The Morgan fingerprint density at radius 3 is 2.71 bits per heavy atom. The third kappa shape index (κ3) is 4.79. The maximum absolute atomic E-state index is 14.9. The number of benzene rings is 1. The zero-order chi connectivity index (χ0) is 25.6. The summed E-state index contributed by atoms with van der Waals surface area (Å²) in [6.07, 6.45) is 2.91. The van der Waals surface area contributed by atoms with E-state index in [1.165, 1.54) is 0 Å². The minimum atomic E-state index is -1.98. The maximum Gasteiger partial charge on any atom is 0.229 e. The number of nitrogens with zero attached hydrogens (tertiary/aromatic N) is 5. The van der Waals surface area contributed by atoms with Gasteiger partial charge < -0.3 is 15.1 Å². The Bertz CT molecular complexity index is 1310. The van der Waals surface area contributed by atoms with Gasteiger partial charge in [0.25, 0.3) is 0 Å². The lowest BCUT2D eigenvalue weighted by Gasteiger charge is -2.39. The van der Waals surface area contributed by atoms with Gasteiger partial charge in [-0.15, -0.1) is 0 Å². The highest BCUT2D eigenvalue weighted by molar-refractivity contribution is 6.74. The van der Waals surface area contributed by atoms with Gasteiger partial charge in [0.05, 0.1) is 17.4 Å². The van der Waals surface area contributed by atoms with Crippen LogP contribution >= 0.6 is 0 Å². The van der Waals surface area contributed by atoms with Crippen molar-refractivity contribution in [3.8, 4) is 17.3 Å². The minimum Gasteiger partial charge on any atom is -0.416 e. The van der Waals surface area contributed by atoms with Gasteiger partial charge in [-0.2, -0.15) is 10.4 Å². The first-order valence-corrected chi connectivity index (χ1v) is 14.5. The summed E-state index contributed by atoms with van der Waals surface area (Å²) >= 11 is 0. The zero-order valence-electron chi connectivity index (χ0n) is 21.3. The molecule has 1 aliphatic rings. The summed E-state index contributed by atoms with van der Waals surface area (Å²) in [4.78, 5) is 8.47. The van der Waals surface area contributed by atoms with Gasteiger partial charge in [-0.05, 0) is 35.8 Å². The summed E-state index contributed by atoms with van der Waals surface area (Å²) in [7, 11) is -0.180. The van der Waals surface area contributed by atoms with E-state index in [1.807, 2.05) is 6.07 Å². The number of nitrogens with one attached hydrogen (secondary N) is 2. The number of nitriles is 1. The van der Waals surface area contributed by atoms with Gasteiger partial charge in [-0.25, -0.2) is 14.4 Å². The third-order valence-corrected chi connectivity index (χ3v) is 11.6. The number of hydrogen-bond donors (Lipinski definition) is 2. The molecule has 0 radical (unpaired) electrons. The van der Waals surface area contributed by atoms with Gasteiger partial charge in [0, 0.05) is 43.4 Å². The zero-order valence-corrected chi connectivity index (χ0v) is 22.3. The molecule has 2 aromatic heterocycles. The fourth-order valence-electron chi connectivity index (χ4n) is 3.82. The summed E-state index contributed by atoms with van der Waals surface area (Å²) in [5, 5.41) is 20.6. The smallest absolute Gasteiger partial charge is 0.229 e. The first kappa shape index (κ1) is 24.8. The standard InChI is InChI=1S/C25H32FN7OSi/c1-24(2,3)35(6,7)34-15-25(4)14-29-21-17(12-27)10-16(11-18(21)25)22-19(26)13-28-23(31-22)30-20-8-9-33(5)32-20/h8-11,13,29H,14-15H2,1-7H3,(H,28,30,31,32). The molecule has 0 bridgehead atoms. The molecule has 3 heterocycles. The largest absolute Gasteiger partial charge is 0.416 e. The van der Waals surface area contributed by atoms with Crippen LogP contribution < -0.4 is 10.6 Å². The van der Waals surface area contributed by atoms with Gasteiger partial charge in [-0.3, -0.25) is 4.68 Å². The summed E-state index contributed by atoms with van der Waals surface area (Å²) in [6.45, 7) is 14.3. The molecule has 1 atom stereocenters. The number of anilines is 3. The molecule has 35 heavy (non-hydrogen) atoms. The second-order valence-corrected chi connectivity index (χ2v) is 15.7. The summed E-state index contributed by atoms with van der Waals surface area (Å²) in [5.41, 5.74) is 2.43. The number of halogens is 1.